The quantitative estimate of drug-likeness (QED) is 0.156. The van der Waals surface area contributed by atoms with Crippen molar-refractivity contribution in [1.29, 1.82) is 5.26 Å². The van der Waals surface area contributed by atoms with Gasteiger partial charge in [-0.15, -0.1) is 0 Å². The summed E-state index contributed by atoms with van der Waals surface area (Å²) in [6, 6.07) is 3.64. The van der Waals surface area contributed by atoms with Crippen LogP contribution in [0.2, 0.25) is 0 Å². The van der Waals surface area contributed by atoms with E-state index in [1.54, 1.807) is 0 Å². The lowest BCUT2D eigenvalue weighted by Gasteiger charge is -2.07. The minimum absolute atomic E-state index is 0.183. The summed E-state index contributed by atoms with van der Waals surface area (Å²) in [5, 5.41) is 8.77. The predicted molar refractivity (Wildman–Crippen MR) is 146 cm³/mol. The average Bonchev–Trinajstić information content (AvgIpc) is 2.90. The fraction of sp³-hybridized carbons (Fsp3) is 0.645. The van der Waals surface area contributed by atoms with Crippen LogP contribution in [0.25, 0.3) is 11.4 Å². The highest BCUT2D eigenvalue weighted by Gasteiger charge is 2.13. The molecule has 6 heteroatoms. The van der Waals surface area contributed by atoms with Gasteiger partial charge in [0.05, 0.1) is 19.0 Å². The van der Waals surface area contributed by atoms with Crippen LogP contribution in [0, 0.1) is 23.0 Å². The number of nitriles is 1. The molecule has 0 saturated carbocycles. The summed E-state index contributed by atoms with van der Waals surface area (Å²) >= 11 is 0. The van der Waals surface area contributed by atoms with Crippen LogP contribution in [0.3, 0.4) is 0 Å². The Hall–Kier alpha value is -2.55. The highest BCUT2D eigenvalue weighted by atomic mass is 19.1. The first-order chi connectivity index (χ1) is 18.2. The number of benzene rings is 1. The molecule has 37 heavy (non-hydrogen) atoms. The number of aromatic nitrogens is 2. The fourth-order valence-corrected chi connectivity index (χ4v) is 4.54. The number of hydrogen-bond acceptors (Lipinski definition) is 4. The van der Waals surface area contributed by atoms with E-state index in [4.69, 9.17) is 10.00 Å². The standard InChI is InChI=1S/C31H45F2N3O/c1-2-3-4-5-6-7-8-9-10-11-12-13-14-15-16-17-18-19-20-37-27-24-35-31(36-25-27)26-21-29(32)28(23-34)30(33)22-26/h21-22,24-25H,2-20H2,1H3. The van der Waals surface area contributed by atoms with E-state index in [0.717, 1.165) is 25.0 Å². The molecule has 0 fully saturated rings. The van der Waals surface area contributed by atoms with Crippen molar-refractivity contribution in [2.24, 2.45) is 0 Å². The minimum atomic E-state index is -0.921. The molecule has 0 aliphatic rings. The molecule has 204 valence electrons. The van der Waals surface area contributed by atoms with Gasteiger partial charge in [-0.05, 0) is 18.6 Å². The fourth-order valence-electron chi connectivity index (χ4n) is 4.54. The molecule has 0 radical (unpaired) electrons. The van der Waals surface area contributed by atoms with Crippen molar-refractivity contribution in [3.8, 4) is 23.2 Å². The third-order valence-electron chi connectivity index (χ3n) is 6.81. The Labute approximate surface area is 222 Å². The molecular weight excluding hydrogens is 468 g/mol. The van der Waals surface area contributed by atoms with Gasteiger partial charge in [0, 0.05) is 5.56 Å². The molecule has 1 aromatic carbocycles. The van der Waals surface area contributed by atoms with E-state index in [0.29, 0.717) is 12.4 Å². The molecule has 1 aromatic heterocycles. The second-order valence-corrected chi connectivity index (χ2v) is 10.0. The summed E-state index contributed by atoms with van der Waals surface area (Å²) in [6.45, 7) is 2.87. The van der Waals surface area contributed by atoms with E-state index < -0.39 is 17.2 Å². The van der Waals surface area contributed by atoms with Gasteiger partial charge in [0.2, 0.25) is 0 Å². The maximum absolute atomic E-state index is 13.8. The molecule has 2 rings (SSSR count). The van der Waals surface area contributed by atoms with Crippen molar-refractivity contribution in [2.75, 3.05) is 6.61 Å². The molecule has 0 amide bonds. The molecule has 0 atom stereocenters. The molecular formula is C31H45F2N3O. The summed E-state index contributed by atoms with van der Waals surface area (Å²) in [4.78, 5) is 8.27. The zero-order valence-corrected chi connectivity index (χ0v) is 22.8. The number of nitrogens with zero attached hydrogens (tertiary/aromatic N) is 3. The van der Waals surface area contributed by atoms with E-state index in [2.05, 4.69) is 16.9 Å². The topological polar surface area (TPSA) is 58.8 Å². The second-order valence-electron chi connectivity index (χ2n) is 10.0. The third-order valence-corrected chi connectivity index (χ3v) is 6.81. The van der Waals surface area contributed by atoms with Crippen LogP contribution in [0.1, 0.15) is 128 Å². The Balaban J connectivity index is 1.42. The van der Waals surface area contributed by atoms with Crippen LogP contribution in [0.15, 0.2) is 24.5 Å². The molecule has 0 spiro atoms. The van der Waals surface area contributed by atoms with Crippen molar-refractivity contribution < 1.29 is 13.5 Å². The van der Waals surface area contributed by atoms with E-state index in [9.17, 15) is 8.78 Å². The summed E-state index contributed by atoms with van der Waals surface area (Å²) in [6.07, 6.45) is 27.2. The lowest BCUT2D eigenvalue weighted by Crippen LogP contribution is -2.00. The molecule has 0 unspecified atom stereocenters. The third kappa shape index (κ3) is 13.0. The summed E-state index contributed by atoms with van der Waals surface area (Å²) in [7, 11) is 0. The van der Waals surface area contributed by atoms with Crippen LogP contribution in [-0.4, -0.2) is 16.6 Å². The van der Waals surface area contributed by atoms with Crippen LogP contribution in [0.5, 0.6) is 5.75 Å². The molecule has 0 bridgehead atoms. The van der Waals surface area contributed by atoms with E-state index in [1.807, 2.05) is 0 Å². The van der Waals surface area contributed by atoms with Crippen molar-refractivity contribution in [2.45, 2.75) is 122 Å². The highest BCUT2D eigenvalue weighted by Crippen LogP contribution is 2.22. The zero-order chi connectivity index (χ0) is 26.6. The monoisotopic (exact) mass is 513 g/mol. The number of hydrogen-bond donors (Lipinski definition) is 0. The lowest BCUT2D eigenvalue weighted by atomic mass is 10.0. The van der Waals surface area contributed by atoms with Gasteiger partial charge >= 0.3 is 0 Å². The number of halogens is 2. The van der Waals surface area contributed by atoms with Crippen molar-refractivity contribution in [1.82, 2.24) is 9.97 Å². The van der Waals surface area contributed by atoms with E-state index in [-0.39, 0.29) is 11.4 Å². The van der Waals surface area contributed by atoms with Crippen molar-refractivity contribution in [3.63, 3.8) is 0 Å². The second kappa shape index (κ2) is 19.5. The molecule has 2 aromatic rings. The molecule has 1 heterocycles. The van der Waals surface area contributed by atoms with Crippen LogP contribution < -0.4 is 4.74 Å². The summed E-state index contributed by atoms with van der Waals surface area (Å²) < 4.78 is 33.3. The van der Waals surface area contributed by atoms with Gasteiger partial charge in [0.15, 0.2) is 11.6 Å². The first-order valence-electron chi connectivity index (χ1n) is 14.5. The Morgan fingerprint density at radius 2 is 1.08 bits per heavy atom. The average molecular weight is 514 g/mol. The lowest BCUT2D eigenvalue weighted by molar-refractivity contribution is 0.302. The predicted octanol–water partition coefficient (Wildman–Crippen LogP) is 9.71. The minimum Gasteiger partial charge on any atom is -0.490 e. The van der Waals surface area contributed by atoms with Gasteiger partial charge in [-0.1, -0.05) is 116 Å². The van der Waals surface area contributed by atoms with Crippen LogP contribution in [-0.2, 0) is 0 Å². The maximum Gasteiger partial charge on any atom is 0.159 e. The van der Waals surface area contributed by atoms with E-state index >= 15 is 0 Å². The normalized spacial score (nSPS) is 11.0. The number of ether oxygens (including phenoxy) is 1. The first-order valence-corrected chi connectivity index (χ1v) is 14.5. The molecule has 0 saturated heterocycles. The Bertz CT molecular complexity index is 889. The van der Waals surface area contributed by atoms with Gasteiger partial charge in [0.1, 0.15) is 23.3 Å². The van der Waals surface area contributed by atoms with Gasteiger partial charge in [-0.2, -0.15) is 5.26 Å². The zero-order valence-electron chi connectivity index (χ0n) is 22.8. The Morgan fingerprint density at radius 1 is 0.676 bits per heavy atom. The van der Waals surface area contributed by atoms with Crippen molar-refractivity contribution in [3.05, 3.63) is 41.7 Å². The molecule has 0 aliphatic heterocycles. The molecule has 0 aliphatic carbocycles. The summed E-state index contributed by atoms with van der Waals surface area (Å²) in [5.41, 5.74) is -0.419. The van der Waals surface area contributed by atoms with Gasteiger partial charge in [0.25, 0.3) is 0 Å². The first kappa shape index (κ1) is 30.7. The number of rotatable bonds is 21. The van der Waals surface area contributed by atoms with Crippen molar-refractivity contribution >= 4 is 0 Å². The van der Waals surface area contributed by atoms with E-state index in [1.165, 1.54) is 121 Å². The van der Waals surface area contributed by atoms with Gasteiger partial charge < -0.3 is 4.74 Å². The molecule has 0 N–H and O–H groups in total. The highest BCUT2D eigenvalue weighted by molar-refractivity contribution is 5.57. The van der Waals surface area contributed by atoms with Gasteiger partial charge in [-0.3, -0.25) is 0 Å². The summed E-state index contributed by atoms with van der Waals surface area (Å²) in [5.74, 6) is -1.13. The Morgan fingerprint density at radius 3 is 1.49 bits per heavy atom. The van der Waals surface area contributed by atoms with Crippen LogP contribution >= 0.6 is 0 Å². The van der Waals surface area contributed by atoms with Crippen LogP contribution in [0.4, 0.5) is 8.78 Å². The molecule has 4 nitrogen and oxygen atoms in total. The SMILES string of the molecule is CCCCCCCCCCCCCCCCCCCCOc1cnc(-c2cc(F)c(C#N)c(F)c2)nc1. The largest absolute Gasteiger partial charge is 0.490 e. The number of unbranched alkanes of at least 4 members (excludes halogenated alkanes) is 17. The maximum atomic E-state index is 13.8. The Kier molecular flexibility index (Phi) is 16.2. The smallest absolute Gasteiger partial charge is 0.159 e. The van der Waals surface area contributed by atoms with Gasteiger partial charge in [-0.25, -0.2) is 18.7 Å².